The van der Waals surface area contributed by atoms with Gasteiger partial charge in [-0.2, -0.15) is 0 Å². The smallest absolute Gasteiger partial charge is 0.112 e. The van der Waals surface area contributed by atoms with Gasteiger partial charge in [-0.15, -0.1) is 0 Å². The highest BCUT2D eigenvalue weighted by molar-refractivity contribution is 5.75. The van der Waals surface area contributed by atoms with Gasteiger partial charge in [-0.3, -0.25) is 0 Å². The maximum atomic E-state index is 10.5. The molecule has 0 aliphatic carbocycles. The monoisotopic (exact) mass is 275 g/mol. The third kappa shape index (κ3) is 3.38. The van der Waals surface area contributed by atoms with Crippen LogP contribution >= 0.6 is 0 Å². The summed E-state index contributed by atoms with van der Waals surface area (Å²) in [7, 11) is 1.91. The van der Waals surface area contributed by atoms with E-state index in [1.54, 1.807) is 0 Å². The lowest BCUT2D eigenvalue weighted by Crippen LogP contribution is -2.32. The van der Waals surface area contributed by atoms with E-state index in [9.17, 15) is 5.11 Å². The van der Waals surface area contributed by atoms with E-state index >= 15 is 0 Å². The van der Waals surface area contributed by atoms with Crippen molar-refractivity contribution in [2.45, 2.75) is 45.3 Å². The van der Waals surface area contributed by atoms with Crippen LogP contribution < -0.4 is 5.32 Å². The summed E-state index contributed by atoms with van der Waals surface area (Å²) in [6.07, 6.45) is 2.37. The van der Waals surface area contributed by atoms with E-state index in [1.807, 2.05) is 32.2 Å². The third-order valence-electron chi connectivity index (χ3n) is 3.63. The van der Waals surface area contributed by atoms with Crippen LogP contribution in [0.15, 0.2) is 24.3 Å². The van der Waals surface area contributed by atoms with E-state index in [2.05, 4.69) is 22.9 Å². The van der Waals surface area contributed by atoms with Gasteiger partial charge in [0.25, 0.3) is 0 Å². The Balaban J connectivity index is 2.30. The largest absolute Gasteiger partial charge is 0.390 e. The first-order valence-corrected chi connectivity index (χ1v) is 7.38. The molecule has 0 saturated carbocycles. The summed E-state index contributed by atoms with van der Waals surface area (Å²) in [6, 6.07) is 8.19. The van der Waals surface area contributed by atoms with Crippen LogP contribution in [-0.2, 0) is 13.0 Å². The number of rotatable bonds is 7. The third-order valence-corrected chi connectivity index (χ3v) is 3.63. The molecule has 2 rings (SSSR count). The zero-order valence-electron chi connectivity index (χ0n) is 12.7. The van der Waals surface area contributed by atoms with Gasteiger partial charge in [-0.25, -0.2) is 4.98 Å². The number of nitrogens with zero attached hydrogens (tertiary/aromatic N) is 2. The quantitative estimate of drug-likeness (QED) is 0.815. The highest BCUT2D eigenvalue weighted by Gasteiger charge is 2.24. The van der Waals surface area contributed by atoms with E-state index in [1.165, 1.54) is 0 Å². The number of hydrogen-bond donors (Lipinski definition) is 2. The van der Waals surface area contributed by atoms with E-state index in [4.69, 9.17) is 4.98 Å². The lowest BCUT2D eigenvalue weighted by atomic mass is 9.97. The standard InChI is InChI=1S/C16H25N3O/c1-4-11-19-14-8-6-5-7-13(14)18-15(19)12-16(2,20)9-10-17-3/h5-8,17,20H,4,9-12H2,1-3H3. The van der Waals surface area contributed by atoms with Crippen molar-refractivity contribution in [2.24, 2.45) is 0 Å². The van der Waals surface area contributed by atoms with Crippen LogP contribution in [-0.4, -0.2) is 33.9 Å². The number of fused-ring (bicyclic) bond motifs is 1. The second kappa shape index (κ2) is 6.37. The van der Waals surface area contributed by atoms with Crippen LogP contribution in [0, 0.1) is 0 Å². The highest BCUT2D eigenvalue weighted by atomic mass is 16.3. The number of aryl methyl sites for hydroxylation is 1. The predicted octanol–water partition coefficient (Wildman–Crippen LogP) is 2.35. The van der Waals surface area contributed by atoms with Crippen LogP contribution in [0.4, 0.5) is 0 Å². The number of nitrogens with one attached hydrogen (secondary N) is 1. The molecular weight excluding hydrogens is 250 g/mol. The molecule has 1 unspecified atom stereocenters. The van der Waals surface area contributed by atoms with Crippen molar-refractivity contribution in [3.8, 4) is 0 Å². The molecule has 110 valence electrons. The molecule has 1 heterocycles. The van der Waals surface area contributed by atoms with Crippen LogP contribution in [0.3, 0.4) is 0 Å². The maximum Gasteiger partial charge on any atom is 0.112 e. The average molecular weight is 275 g/mol. The fourth-order valence-electron chi connectivity index (χ4n) is 2.56. The summed E-state index contributed by atoms with van der Waals surface area (Å²) < 4.78 is 2.24. The maximum absolute atomic E-state index is 10.5. The molecule has 0 fully saturated rings. The van der Waals surface area contributed by atoms with Crippen molar-refractivity contribution in [3.05, 3.63) is 30.1 Å². The number of imidazole rings is 1. The average Bonchev–Trinajstić information content (AvgIpc) is 2.74. The minimum atomic E-state index is -0.726. The Morgan fingerprint density at radius 2 is 2.10 bits per heavy atom. The van der Waals surface area contributed by atoms with E-state index in [0.717, 1.165) is 42.8 Å². The minimum absolute atomic E-state index is 0.587. The van der Waals surface area contributed by atoms with Gasteiger partial charge in [0.05, 0.1) is 16.6 Å². The van der Waals surface area contributed by atoms with E-state index in [-0.39, 0.29) is 0 Å². The number of para-hydroxylation sites is 2. The van der Waals surface area contributed by atoms with Crippen molar-refractivity contribution >= 4 is 11.0 Å². The molecule has 0 aliphatic rings. The Morgan fingerprint density at radius 3 is 2.80 bits per heavy atom. The molecule has 0 amide bonds. The SMILES string of the molecule is CCCn1c(CC(C)(O)CCNC)nc2ccccc21. The number of hydrogen-bond acceptors (Lipinski definition) is 3. The molecule has 0 spiro atoms. The van der Waals surface area contributed by atoms with Gasteiger partial charge >= 0.3 is 0 Å². The fourth-order valence-corrected chi connectivity index (χ4v) is 2.56. The first-order valence-electron chi connectivity index (χ1n) is 7.38. The van der Waals surface area contributed by atoms with Gasteiger partial charge in [0.2, 0.25) is 0 Å². The van der Waals surface area contributed by atoms with Gasteiger partial charge in [0.15, 0.2) is 0 Å². The molecule has 1 atom stereocenters. The summed E-state index contributed by atoms with van der Waals surface area (Å²) >= 11 is 0. The molecular formula is C16H25N3O. The second-order valence-electron chi connectivity index (χ2n) is 5.70. The van der Waals surface area contributed by atoms with Gasteiger partial charge in [0, 0.05) is 13.0 Å². The predicted molar refractivity (Wildman–Crippen MR) is 82.9 cm³/mol. The molecule has 2 aromatic rings. The molecule has 0 aliphatic heterocycles. The number of aliphatic hydroxyl groups is 1. The molecule has 0 saturated heterocycles. The Kier molecular flexibility index (Phi) is 4.78. The van der Waals surface area contributed by atoms with Crippen molar-refractivity contribution in [3.63, 3.8) is 0 Å². The molecule has 4 heteroatoms. The Hall–Kier alpha value is -1.39. The van der Waals surface area contributed by atoms with Gasteiger partial charge < -0.3 is 15.0 Å². The van der Waals surface area contributed by atoms with Crippen molar-refractivity contribution in [2.75, 3.05) is 13.6 Å². The Labute approximate surface area is 120 Å². The molecule has 1 aromatic heterocycles. The molecule has 2 N–H and O–H groups in total. The van der Waals surface area contributed by atoms with Gasteiger partial charge in [-0.1, -0.05) is 19.1 Å². The van der Waals surface area contributed by atoms with E-state index in [0.29, 0.717) is 6.42 Å². The summed E-state index contributed by atoms with van der Waals surface area (Å²) in [5.41, 5.74) is 1.45. The Bertz CT molecular complexity index is 560. The zero-order valence-corrected chi connectivity index (χ0v) is 12.7. The zero-order chi connectivity index (χ0) is 14.6. The van der Waals surface area contributed by atoms with Crippen molar-refractivity contribution < 1.29 is 5.11 Å². The van der Waals surface area contributed by atoms with Gasteiger partial charge in [0.1, 0.15) is 5.82 Å². The highest BCUT2D eigenvalue weighted by Crippen LogP contribution is 2.21. The molecule has 0 bridgehead atoms. The minimum Gasteiger partial charge on any atom is -0.390 e. The topological polar surface area (TPSA) is 50.1 Å². The van der Waals surface area contributed by atoms with Crippen LogP contribution in [0.25, 0.3) is 11.0 Å². The normalized spacial score (nSPS) is 14.6. The number of aromatic nitrogens is 2. The summed E-state index contributed by atoms with van der Waals surface area (Å²) in [6.45, 7) is 5.80. The van der Waals surface area contributed by atoms with Crippen LogP contribution in [0.5, 0.6) is 0 Å². The Morgan fingerprint density at radius 1 is 1.35 bits per heavy atom. The number of benzene rings is 1. The molecule has 20 heavy (non-hydrogen) atoms. The van der Waals surface area contributed by atoms with Crippen LogP contribution in [0.2, 0.25) is 0 Å². The summed E-state index contributed by atoms with van der Waals surface area (Å²) in [5, 5.41) is 13.6. The van der Waals surface area contributed by atoms with E-state index < -0.39 is 5.60 Å². The summed E-state index contributed by atoms with van der Waals surface area (Å²) in [4.78, 5) is 4.71. The van der Waals surface area contributed by atoms with Crippen LogP contribution in [0.1, 0.15) is 32.5 Å². The lowest BCUT2D eigenvalue weighted by Gasteiger charge is -2.23. The second-order valence-corrected chi connectivity index (χ2v) is 5.70. The first kappa shape index (κ1) is 15.0. The molecule has 0 radical (unpaired) electrons. The van der Waals surface area contributed by atoms with Gasteiger partial charge in [-0.05, 0) is 45.5 Å². The molecule has 1 aromatic carbocycles. The summed E-state index contributed by atoms with van der Waals surface area (Å²) in [5.74, 6) is 0.981. The van der Waals surface area contributed by atoms with Crippen molar-refractivity contribution in [1.82, 2.24) is 14.9 Å². The fraction of sp³-hybridized carbons (Fsp3) is 0.562. The first-order chi connectivity index (χ1) is 9.57. The van der Waals surface area contributed by atoms with Crippen molar-refractivity contribution in [1.29, 1.82) is 0 Å². The molecule has 4 nitrogen and oxygen atoms in total. The lowest BCUT2D eigenvalue weighted by molar-refractivity contribution is 0.0493.